The lowest BCUT2D eigenvalue weighted by Crippen LogP contribution is -2.25. The Morgan fingerprint density at radius 2 is 2.11 bits per heavy atom. The normalized spacial score (nSPS) is 11.6. The minimum absolute atomic E-state index is 0.0889. The van der Waals surface area contributed by atoms with Gasteiger partial charge in [0.25, 0.3) is 0 Å². The summed E-state index contributed by atoms with van der Waals surface area (Å²) < 4.78 is 32.1. The number of hydrogen-bond donors (Lipinski definition) is 2. The van der Waals surface area contributed by atoms with E-state index in [0.717, 1.165) is 6.42 Å². The van der Waals surface area contributed by atoms with Gasteiger partial charge in [0.15, 0.2) is 0 Å². The highest BCUT2D eigenvalue weighted by Gasteiger charge is 2.19. The van der Waals surface area contributed by atoms with Crippen LogP contribution in [0.4, 0.5) is 0 Å². The van der Waals surface area contributed by atoms with Crippen molar-refractivity contribution in [1.29, 1.82) is 0 Å². The second kappa shape index (κ2) is 7.44. The molecule has 0 heterocycles. The summed E-state index contributed by atoms with van der Waals surface area (Å²) in [7, 11) is -2.13. The highest BCUT2D eigenvalue weighted by Crippen LogP contribution is 2.33. The molecule has 108 valence electrons. The van der Waals surface area contributed by atoms with Crippen molar-refractivity contribution in [3.05, 3.63) is 21.6 Å². The average Bonchev–Trinajstić information content (AvgIpc) is 2.36. The van der Waals surface area contributed by atoms with E-state index in [1.165, 1.54) is 19.2 Å². The highest BCUT2D eigenvalue weighted by molar-refractivity contribution is 9.10. The summed E-state index contributed by atoms with van der Waals surface area (Å²) in [6, 6.07) is 2.88. The SMILES string of the molecule is COc1cc(Br)c(S(=O)(=O)NCCCCN)cc1Cl. The molecule has 0 radical (unpaired) electrons. The van der Waals surface area contributed by atoms with Gasteiger partial charge < -0.3 is 10.5 Å². The van der Waals surface area contributed by atoms with Crippen LogP contribution in [-0.4, -0.2) is 28.6 Å². The molecule has 0 atom stereocenters. The van der Waals surface area contributed by atoms with Crippen molar-refractivity contribution >= 4 is 37.6 Å². The molecule has 0 saturated carbocycles. The van der Waals surface area contributed by atoms with Crippen LogP contribution in [0.5, 0.6) is 5.75 Å². The molecule has 0 aliphatic rings. The van der Waals surface area contributed by atoms with Gasteiger partial charge in [-0.25, -0.2) is 13.1 Å². The van der Waals surface area contributed by atoms with Crippen LogP contribution >= 0.6 is 27.5 Å². The number of sulfonamides is 1. The maximum atomic E-state index is 12.1. The van der Waals surface area contributed by atoms with Gasteiger partial charge in [0, 0.05) is 11.0 Å². The van der Waals surface area contributed by atoms with E-state index in [-0.39, 0.29) is 9.92 Å². The van der Waals surface area contributed by atoms with Crippen molar-refractivity contribution in [2.75, 3.05) is 20.2 Å². The number of hydrogen-bond acceptors (Lipinski definition) is 4. The van der Waals surface area contributed by atoms with E-state index in [1.54, 1.807) is 0 Å². The summed E-state index contributed by atoms with van der Waals surface area (Å²) in [5.74, 6) is 0.413. The van der Waals surface area contributed by atoms with E-state index in [0.29, 0.717) is 29.7 Å². The van der Waals surface area contributed by atoms with Gasteiger partial charge in [-0.2, -0.15) is 0 Å². The first-order valence-corrected chi connectivity index (χ1v) is 8.30. The highest BCUT2D eigenvalue weighted by atomic mass is 79.9. The molecule has 8 heteroatoms. The fraction of sp³-hybridized carbons (Fsp3) is 0.455. The molecule has 1 aromatic rings. The van der Waals surface area contributed by atoms with Crippen molar-refractivity contribution in [2.24, 2.45) is 5.73 Å². The maximum absolute atomic E-state index is 12.1. The average molecular weight is 372 g/mol. The third-order valence-corrected chi connectivity index (χ3v) is 5.13. The van der Waals surface area contributed by atoms with Gasteiger partial charge in [0.2, 0.25) is 10.0 Å². The van der Waals surface area contributed by atoms with Gasteiger partial charge >= 0.3 is 0 Å². The van der Waals surface area contributed by atoms with Crippen molar-refractivity contribution in [3.8, 4) is 5.75 Å². The smallest absolute Gasteiger partial charge is 0.241 e. The lowest BCUT2D eigenvalue weighted by atomic mass is 10.3. The van der Waals surface area contributed by atoms with Gasteiger partial charge in [-0.1, -0.05) is 11.6 Å². The van der Waals surface area contributed by atoms with Crippen LogP contribution in [0.25, 0.3) is 0 Å². The van der Waals surface area contributed by atoms with E-state index in [1.807, 2.05) is 0 Å². The molecule has 0 aromatic heterocycles. The Balaban J connectivity index is 2.92. The summed E-state index contributed by atoms with van der Waals surface area (Å²) in [4.78, 5) is 0.0889. The number of benzene rings is 1. The molecule has 0 saturated heterocycles. The molecule has 1 aromatic carbocycles. The summed E-state index contributed by atoms with van der Waals surface area (Å²) in [6.45, 7) is 0.884. The summed E-state index contributed by atoms with van der Waals surface area (Å²) in [6.07, 6.45) is 1.46. The molecule has 5 nitrogen and oxygen atoms in total. The molecule has 0 fully saturated rings. The van der Waals surface area contributed by atoms with Crippen LogP contribution in [-0.2, 0) is 10.0 Å². The Morgan fingerprint density at radius 3 is 2.68 bits per heavy atom. The van der Waals surface area contributed by atoms with Crippen LogP contribution in [0.1, 0.15) is 12.8 Å². The largest absolute Gasteiger partial charge is 0.495 e. The van der Waals surface area contributed by atoms with Gasteiger partial charge in [-0.15, -0.1) is 0 Å². The third-order valence-electron chi connectivity index (χ3n) is 2.42. The summed E-state index contributed by atoms with van der Waals surface area (Å²) >= 11 is 9.14. The third kappa shape index (κ3) is 4.61. The maximum Gasteiger partial charge on any atom is 0.241 e. The van der Waals surface area contributed by atoms with E-state index in [4.69, 9.17) is 22.1 Å². The first-order chi connectivity index (χ1) is 8.92. The Kier molecular flexibility index (Phi) is 6.55. The van der Waals surface area contributed by atoms with E-state index >= 15 is 0 Å². The Morgan fingerprint density at radius 1 is 1.42 bits per heavy atom. The van der Waals surface area contributed by atoms with Gasteiger partial charge in [0.05, 0.1) is 17.0 Å². The van der Waals surface area contributed by atoms with Crippen molar-refractivity contribution in [1.82, 2.24) is 4.72 Å². The molecule has 0 amide bonds. The number of unbranched alkanes of at least 4 members (excludes halogenated alkanes) is 1. The van der Waals surface area contributed by atoms with Crippen LogP contribution in [0, 0.1) is 0 Å². The Hall–Kier alpha value is -0.340. The molecule has 0 unspecified atom stereocenters. The monoisotopic (exact) mass is 370 g/mol. The van der Waals surface area contributed by atoms with Crippen molar-refractivity contribution in [2.45, 2.75) is 17.7 Å². The van der Waals surface area contributed by atoms with Crippen LogP contribution in [0.2, 0.25) is 5.02 Å². The summed E-state index contributed by atoms with van der Waals surface area (Å²) in [5.41, 5.74) is 5.35. The first kappa shape index (κ1) is 16.7. The molecular weight excluding hydrogens is 356 g/mol. The number of nitrogens with two attached hydrogens (primary N) is 1. The molecule has 19 heavy (non-hydrogen) atoms. The van der Waals surface area contributed by atoms with E-state index in [2.05, 4.69) is 20.7 Å². The fourth-order valence-electron chi connectivity index (χ4n) is 1.43. The molecule has 1 rings (SSSR count). The van der Waals surface area contributed by atoms with Crippen molar-refractivity contribution in [3.63, 3.8) is 0 Å². The zero-order valence-corrected chi connectivity index (χ0v) is 13.6. The first-order valence-electron chi connectivity index (χ1n) is 5.65. The Bertz CT molecular complexity index is 537. The molecule has 0 spiro atoms. The zero-order valence-electron chi connectivity index (χ0n) is 10.4. The van der Waals surface area contributed by atoms with Crippen LogP contribution in [0.15, 0.2) is 21.5 Å². The number of nitrogens with one attached hydrogen (secondary N) is 1. The molecule has 0 aliphatic heterocycles. The molecule has 3 N–H and O–H groups in total. The molecule has 0 bridgehead atoms. The standard InChI is InChI=1S/C11H16BrClN2O3S/c1-18-10-6-8(12)11(7-9(10)13)19(16,17)15-5-3-2-4-14/h6-7,15H,2-5,14H2,1H3. The van der Waals surface area contributed by atoms with Gasteiger partial charge in [0.1, 0.15) is 5.75 Å². The second-order valence-corrected chi connectivity index (χ2v) is 6.81. The lowest BCUT2D eigenvalue weighted by molar-refractivity contribution is 0.414. The van der Waals surface area contributed by atoms with E-state index in [9.17, 15) is 8.42 Å². The Labute approximate surface area is 126 Å². The fourth-order valence-corrected chi connectivity index (χ4v) is 3.85. The lowest BCUT2D eigenvalue weighted by Gasteiger charge is -2.11. The predicted octanol–water partition coefficient (Wildman–Crippen LogP) is 2.13. The topological polar surface area (TPSA) is 81.4 Å². The number of halogens is 2. The summed E-state index contributed by atoms with van der Waals surface area (Å²) in [5, 5.41) is 0.244. The second-order valence-electron chi connectivity index (χ2n) is 3.81. The zero-order chi connectivity index (χ0) is 14.5. The minimum Gasteiger partial charge on any atom is -0.495 e. The molecule has 0 aliphatic carbocycles. The van der Waals surface area contributed by atoms with Gasteiger partial charge in [-0.3, -0.25) is 0 Å². The minimum atomic E-state index is -3.60. The number of ether oxygens (including phenoxy) is 1. The number of methoxy groups -OCH3 is 1. The molecular formula is C11H16BrClN2O3S. The quantitative estimate of drug-likeness (QED) is 0.719. The van der Waals surface area contributed by atoms with Gasteiger partial charge in [-0.05, 0) is 47.4 Å². The number of rotatable bonds is 7. The van der Waals surface area contributed by atoms with Crippen LogP contribution < -0.4 is 15.2 Å². The van der Waals surface area contributed by atoms with Crippen molar-refractivity contribution < 1.29 is 13.2 Å². The van der Waals surface area contributed by atoms with E-state index < -0.39 is 10.0 Å². The van der Waals surface area contributed by atoms with Crippen LogP contribution in [0.3, 0.4) is 0 Å². The predicted molar refractivity (Wildman–Crippen MR) is 79.2 cm³/mol.